The zero-order valence-corrected chi connectivity index (χ0v) is 19.5. The van der Waals surface area contributed by atoms with Crippen molar-refractivity contribution in [3.63, 3.8) is 0 Å². The molecule has 5 heteroatoms. The lowest BCUT2D eigenvalue weighted by atomic mass is 9.59. The van der Waals surface area contributed by atoms with Crippen LogP contribution in [-0.4, -0.2) is 38.9 Å². The van der Waals surface area contributed by atoms with Gasteiger partial charge in [0, 0.05) is 19.8 Å². The van der Waals surface area contributed by atoms with E-state index in [-0.39, 0.29) is 18.4 Å². The molecule has 0 spiro atoms. The number of carbonyl (C=O) groups is 2. The Morgan fingerprint density at radius 1 is 0.844 bits per heavy atom. The molecule has 6 saturated carbocycles. The van der Waals surface area contributed by atoms with Gasteiger partial charge in [-0.05, 0) is 117 Å². The molecule has 178 valence electrons. The van der Waals surface area contributed by atoms with Crippen LogP contribution in [0.15, 0.2) is 12.7 Å². The predicted molar refractivity (Wildman–Crippen MR) is 120 cm³/mol. The molecule has 0 aromatic heterocycles. The molecule has 12 atom stereocenters. The average Bonchev–Trinajstić information content (AvgIpc) is 3.66. The van der Waals surface area contributed by atoms with Gasteiger partial charge in [-0.2, -0.15) is 0 Å². The van der Waals surface area contributed by atoms with E-state index in [1.165, 1.54) is 38.2 Å². The van der Waals surface area contributed by atoms with Gasteiger partial charge in [0.15, 0.2) is 6.29 Å². The molecule has 0 radical (unpaired) electrons. The van der Waals surface area contributed by atoms with Gasteiger partial charge in [-0.25, -0.2) is 4.79 Å². The van der Waals surface area contributed by atoms with E-state index in [4.69, 9.17) is 19.0 Å². The van der Waals surface area contributed by atoms with Crippen LogP contribution in [0.1, 0.15) is 57.8 Å². The van der Waals surface area contributed by atoms with Gasteiger partial charge in [0.05, 0.1) is 0 Å². The van der Waals surface area contributed by atoms with Gasteiger partial charge >= 0.3 is 5.97 Å². The number of fused-ring (bicyclic) bond motifs is 16. The second-order valence-electron chi connectivity index (χ2n) is 11.3. The maximum Gasteiger partial charge on any atom is 0.330 e. The van der Waals surface area contributed by atoms with E-state index in [0.717, 1.165) is 72.7 Å². The molecule has 12 unspecified atom stereocenters. The minimum Gasteiger partial charge on any atom is -0.459 e. The summed E-state index contributed by atoms with van der Waals surface area (Å²) >= 11 is 0. The Bertz CT molecular complexity index is 702. The summed E-state index contributed by atoms with van der Waals surface area (Å²) in [5.74, 6) is 9.67. The number of rotatable bonds is 3. The van der Waals surface area contributed by atoms with Crippen molar-refractivity contribution >= 4 is 12.8 Å². The van der Waals surface area contributed by atoms with Crippen LogP contribution >= 0.6 is 0 Å². The van der Waals surface area contributed by atoms with E-state index in [2.05, 4.69) is 6.58 Å². The summed E-state index contributed by atoms with van der Waals surface area (Å²) in [5.41, 5.74) is 0. The number of methoxy groups -OCH3 is 1. The molecule has 7 rings (SSSR count). The molecule has 1 heterocycles. The molecular weight excluding hydrogens is 404 g/mol. The van der Waals surface area contributed by atoms with Crippen LogP contribution in [0.5, 0.6) is 0 Å². The fourth-order valence-corrected chi connectivity index (χ4v) is 9.96. The molecule has 7 aliphatic rings. The van der Waals surface area contributed by atoms with Gasteiger partial charge in [0.1, 0.15) is 12.9 Å². The summed E-state index contributed by atoms with van der Waals surface area (Å²) in [6.45, 7) is 6.44. The van der Waals surface area contributed by atoms with Crippen LogP contribution in [0, 0.1) is 59.2 Å². The molecule has 1 saturated heterocycles. The first kappa shape index (κ1) is 22.6. The Morgan fingerprint density at radius 3 is 2.12 bits per heavy atom. The highest BCUT2D eigenvalue weighted by Gasteiger charge is 2.71. The van der Waals surface area contributed by atoms with Crippen molar-refractivity contribution in [2.45, 2.75) is 70.2 Å². The largest absolute Gasteiger partial charge is 0.459 e. The highest BCUT2D eigenvalue weighted by Crippen LogP contribution is 2.76. The monoisotopic (exact) mass is 444 g/mol. The van der Waals surface area contributed by atoms with Crippen LogP contribution in [0.3, 0.4) is 0 Å². The normalized spacial score (nSPS) is 50.5. The Labute approximate surface area is 192 Å². The molecule has 5 nitrogen and oxygen atoms in total. The minimum absolute atomic E-state index is 0.0868. The number of hydrogen-bond donors (Lipinski definition) is 0. The lowest BCUT2D eigenvalue weighted by Gasteiger charge is -2.46. The Balaban J connectivity index is 0.000000184. The summed E-state index contributed by atoms with van der Waals surface area (Å²) in [4.78, 5) is 19.6. The first-order chi connectivity index (χ1) is 15.7. The second kappa shape index (κ2) is 9.21. The van der Waals surface area contributed by atoms with Gasteiger partial charge in [0.2, 0.25) is 0 Å². The van der Waals surface area contributed by atoms with Gasteiger partial charge < -0.3 is 19.0 Å². The van der Waals surface area contributed by atoms with Gasteiger partial charge in [-0.3, -0.25) is 0 Å². The lowest BCUT2D eigenvalue weighted by Crippen LogP contribution is -2.44. The molecule has 6 bridgehead atoms. The predicted octanol–water partition coefficient (Wildman–Crippen LogP) is 4.64. The second-order valence-corrected chi connectivity index (χ2v) is 11.3. The molecule has 0 amide bonds. The molecule has 7 fully saturated rings. The molecule has 1 aliphatic heterocycles. The van der Waals surface area contributed by atoms with Crippen LogP contribution in [0.4, 0.5) is 0 Å². The molecule has 6 aliphatic carbocycles. The summed E-state index contributed by atoms with van der Waals surface area (Å²) < 4.78 is 15.9. The Morgan fingerprint density at radius 2 is 1.53 bits per heavy atom. The van der Waals surface area contributed by atoms with Gasteiger partial charge in [0.25, 0.3) is 0 Å². The third-order valence-electron chi connectivity index (χ3n) is 10.5. The van der Waals surface area contributed by atoms with Crippen LogP contribution < -0.4 is 0 Å². The highest BCUT2D eigenvalue weighted by molar-refractivity contribution is 5.81. The standard InChI is InChI=1S/C20H26O2.C6H12O2.CH2O/c1-2-16(21)22-15-7-11-6-12(15)20-14-8-13(19(11)20)17-9-3-4-10(5-9)18(14)17;1-7-6-4-2-3-5-8-6;1-2/h2,9-15,17-20H,1,3-8H2;6H,2-5H2,1H3;1H2. The van der Waals surface area contributed by atoms with Crippen molar-refractivity contribution < 1.29 is 23.8 Å². The van der Waals surface area contributed by atoms with Gasteiger partial charge in [-0.15, -0.1) is 0 Å². The number of ether oxygens (including phenoxy) is 3. The van der Waals surface area contributed by atoms with E-state index in [9.17, 15) is 4.79 Å². The number of hydrogen-bond acceptors (Lipinski definition) is 5. The van der Waals surface area contributed by atoms with Crippen molar-refractivity contribution in [3.05, 3.63) is 12.7 Å². The summed E-state index contributed by atoms with van der Waals surface area (Å²) in [6, 6.07) is 0. The van der Waals surface area contributed by atoms with E-state index in [1.54, 1.807) is 20.0 Å². The summed E-state index contributed by atoms with van der Waals surface area (Å²) in [7, 11) is 1.69. The highest BCUT2D eigenvalue weighted by atomic mass is 16.7. The van der Waals surface area contributed by atoms with Gasteiger partial charge in [-0.1, -0.05) is 6.58 Å². The Hall–Kier alpha value is -1.20. The minimum atomic E-state index is -0.199. The smallest absolute Gasteiger partial charge is 0.330 e. The van der Waals surface area contributed by atoms with Crippen molar-refractivity contribution in [1.82, 2.24) is 0 Å². The number of carbonyl (C=O) groups excluding carboxylic acids is 2. The maximum atomic E-state index is 11.6. The first-order valence-corrected chi connectivity index (χ1v) is 13.0. The van der Waals surface area contributed by atoms with Crippen molar-refractivity contribution in [2.75, 3.05) is 13.7 Å². The molecule has 0 N–H and O–H groups in total. The SMILES string of the molecule is C=CC(=O)OC1CC2CC1C1C3CC(C4C5CCC(C5)C34)C21.C=O.COC1CCCCO1. The van der Waals surface area contributed by atoms with E-state index in [0.29, 0.717) is 5.92 Å². The maximum absolute atomic E-state index is 11.6. The molecule has 0 aromatic carbocycles. The van der Waals surface area contributed by atoms with Crippen LogP contribution in [0.25, 0.3) is 0 Å². The van der Waals surface area contributed by atoms with E-state index in [1.807, 2.05) is 6.79 Å². The number of esters is 1. The topological polar surface area (TPSA) is 61.8 Å². The quantitative estimate of drug-likeness (QED) is 0.360. The van der Waals surface area contributed by atoms with Crippen LogP contribution in [-0.2, 0) is 23.8 Å². The van der Waals surface area contributed by atoms with Crippen molar-refractivity contribution in [1.29, 1.82) is 0 Å². The van der Waals surface area contributed by atoms with E-state index >= 15 is 0 Å². The van der Waals surface area contributed by atoms with Crippen molar-refractivity contribution in [2.24, 2.45) is 59.2 Å². The van der Waals surface area contributed by atoms with Crippen LogP contribution in [0.2, 0.25) is 0 Å². The van der Waals surface area contributed by atoms with E-state index < -0.39 is 0 Å². The average molecular weight is 445 g/mol. The molecular formula is C27H40O5. The Kier molecular flexibility index (Phi) is 6.50. The summed E-state index contributed by atoms with van der Waals surface area (Å²) in [5, 5.41) is 0. The molecule has 0 aromatic rings. The first-order valence-electron chi connectivity index (χ1n) is 13.0. The zero-order valence-electron chi connectivity index (χ0n) is 19.5. The van der Waals surface area contributed by atoms with Crippen molar-refractivity contribution in [3.8, 4) is 0 Å². The third kappa shape index (κ3) is 3.50. The summed E-state index contributed by atoms with van der Waals surface area (Å²) in [6.07, 6.45) is 13.8. The zero-order chi connectivity index (χ0) is 22.4. The fraction of sp³-hybridized carbons (Fsp3) is 0.852. The molecule has 32 heavy (non-hydrogen) atoms. The third-order valence-corrected chi connectivity index (χ3v) is 10.5. The lowest BCUT2D eigenvalue weighted by molar-refractivity contribution is -0.148. The fourth-order valence-electron chi connectivity index (χ4n) is 9.96.